The molecule has 0 aliphatic heterocycles. The van der Waals surface area contributed by atoms with Gasteiger partial charge in [0.2, 0.25) is 0 Å². The van der Waals surface area contributed by atoms with Crippen LogP contribution in [0.4, 0.5) is 4.79 Å². The fourth-order valence-corrected chi connectivity index (χ4v) is 0.762. The van der Waals surface area contributed by atoms with Crippen LogP contribution in [0, 0.1) is 0 Å². The van der Waals surface area contributed by atoms with Crippen LogP contribution in [0.5, 0.6) is 0 Å². The lowest BCUT2D eigenvalue weighted by molar-refractivity contribution is -0.140. The molecule has 94 valence electrons. The predicted octanol–water partition coefficient (Wildman–Crippen LogP) is 1.42. The number of carbonyl (C=O) groups is 2. The number of primary amides is 1. The number of hydrogen-bond acceptors (Lipinski definition) is 3. The molecule has 0 spiro atoms. The Morgan fingerprint density at radius 1 is 1.50 bits per heavy atom. The van der Waals surface area contributed by atoms with E-state index in [4.69, 9.17) is 15.6 Å². The van der Waals surface area contributed by atoms with Gasteiger partial charge in [-0.2, -0.15) is 0 Å². The monoisotopic (exact) mass is 232 g/mol. The topological polar surface area (TPSA) is 102 Å². The highest BCUT2D eigenvalue weighted by molar-refractivity contribution is 5.83. The van der Waals surface area contributed by atoms with Crippen molar-refractivity contribution < 1.29 is 19.4 Å². The number of nitrogens with two attached hydrogens (primary N) is 1. The summed E-state index contributed by atoms with van der Waals surface area (Å²) in [5.74, 6) is -1.72. The third-order valence-corrected chi connectivity index (χ3v) is 1.65. The van der Waals surface area contributed by atoms with Crippen LogP contribution < -0.4 is 11.1 Å². The number of hydrogen-bond donors (Lipinski definition) is 3. The van der Waals surface area contributed by atoms with Gasteiger partial charge in [-0.05, 0) is 13.5 Å². The normalized spacial score (nSPS) is 12.5. The van der Waals surface area contributed by atoms with Crippen molar-refractivity contribution in [3.63, 3.8) is 0 Å². The number of carboxylic acids is 1. The van der Waals surface area contributed by atoms with Crippen molar-refractivity contribution in [1.82, 2.24) is 5.32 Å². The Labute approximate surface area is 95.5 Å². The lowest BCUT2D eigenvalue weighted by Gasteiger charge is -2.29. The highest BCUT2D eigenvalue weighted by Gasteiger charge is 2.27. The SMILES string of the molecule is C=C(OC(C)(CC)NC(N)=O)C(=O)O.CC. The molecule has 0 rings (SSSR count). The van der Waals surface area contributed by atoms with Crippen LogP contribution in [0.2, 0.25) is 0 Å². The molecule has 0 fully saturated rings. The molecule has 0 aliphatic carbocycles. The molecule has 6 heteroatoms. The molecule has 0 aliphatic rings. The van der Waals surface area contributed by atoms with Gasteiger partial charge in [0.1, 0.15) is 0 Å². The van der Waals surface area contributed by atoms with Crippen LogP contribution in [0.15, 0.2) is 12.3 Å². The molecule has 0 saturated heterocycles. The van der Waals surface area contributed by atoms with E-state index in [0.29, 0.717) is 6.42 Å². The Morgan fingerprint density at radius 2 is 1.94 bits per heavy atom. The van der Waals surface area contributed by atoms with Crippen molar-refractivity contribution in [2.24, 2.45) is 5.73 Å². The minimum Gasteiger partial charge on any atom is -0.475 e. The van der Waals surface area contributed by atoms with E-state index in [1.807, 2.05) is 13.8 Å². The Balaban J connectivity index is 0. The zero-order valence-corrected chi connectivity index (χ0v) is 10.2. The second-order valence-corrected chi connectivity index (χ2v) is 2.90. The summed E-state index contributed by atoms with van der Waals surface area (Å²) in [6.45, 7) is 10.4. The van der Waals surface area contributed by atoms with Gasteiger partial charge in [-0.25, -0.2) is 9.59 Å². The fraction of sp³-hybridized carbons (Fsp3) is 0.600. The van der Waals surface area contributed by atoms with Crippen LogP contribution in [-0.4, -0.2) is 22.8 Å². The van der Waals surface area contributed by atoms with E-state index < -0.39 is 23.5 Å². The molecule has 2 amide bonds. The maximum atomic E-state index is 10.6. The maximum absolute atomic E-state index is 10.6. The highest BCUT2D eigenvalue weighted by Crippen LogP contribution is 2.15. The summed E-state index contributed by atoms with van der Waals surface area (Å²) in [4.78, 5) is 21.0. The summed E-state index contributed by atoms with van der Waals surface area (Å²) in [5, 5.41) is 10.8. The Bertz CT molecular complexity index is 266. The van der Waals surface area contributed by atoms with Crippen molar-refractivity contribution in [2.75, 3.05) is 0 Å². The van der Waals surface area contributed by atoms with Crippen LogP contribution in [-0.2, 0) is 9.53 Å². The molecule has 0 bridgehead atoms. The summed E-state index contributed by atoms with van der Waals surface area (Å²) in [7, 11) is 0. The standard InChI is InChI=1S/C8H14N2O4.C2H6/c1-4-8(3,10-7(9)13)14-5(2)6(11)12;1-2/h2,4H2,1,3H3,(H,11,12)(H3,9,10,13);1-2H3. The molecule has 1 atom stereocenters. The van der Waals surface area contributed by atoms with Crippen molar-refractivity contribution in [1.29, 1.82) is 0 Å². The molecule has 1 unspecified atom stereocenters. The van der Waals surface area contributed by atoms with E-state index in [-0.39, 0.29) is 0 Å². The third kappa shape index (κ3) is 6.69. The lowest BCUT2D eigenvalue weighted by atomic mass is 10.2. The molecule has 6 nitrogen and oxygen atoms in total. The van der Waals surface area contributed by atoms with Gasteiger partial charge in [-0.15, -0.1) is 0 Å². The van der Waals surface area contributed by atoms with Gasteiger partial charge < -0.3 is 20.9 Å². The summed E-state index contributed by atoms with van der Waals surface area (Å²) >= 11 is 0. The number of carbonyl (C=O) groups excluding carboxylic acids is 1. The highest BCUT2D eigenvalue weighted by atomic mass is 16.5. The largest absolute Gasteiger partial charge is 0.475 e. The molecule has 0 aromatic heterocycles. The van der Waals surface area contributed by atoms with E-state index in [0.717, 1.165) is 0 Å². The van der Waals surface area contributed by atoms with Gasteiger partial charge in [-0.1, -0.05) is 20.8 Å². The first-order valence-electron chi connectivity index (χ1n) is 4.99. The van der Waals surface area contributed by atoms with Crippen molar-refractivity contribution >= 4 is 12.0 Å². The molecule has 16 heavy (non-hydrogen) atoms. The van der Waals surface area contributed by atoms with Gasteiger partial charge in [0.15, 0.2) is 11.5 Å². The third-order valence-electron chi connectivity index (χ3n) is 1.65. The van der Waals surface area contributed by atoms with Crippen molar-refractivity contribution in [3.05, 3.63) is 12.3 Å². The number of urea groups is 1. The maximum Gasteiger partial charge on any atom is 0.370 e. The Morgan fingerprint density at radius 3 is 2.19 bits per heavy atom. The van der Waals surface area contributed by atoms with Crippen molar-refractivity contribution in [2.45, 2.75) is 39.8 Å². The number of rotatable bonds is 5. The summed E-state index contributed by atoms with van der Waals surface area (Å²) in [5.41, 5.74) is 3.76. The minimum atomic E-state index is -1.28. The molecule has 4 N–H and O–H groups in total. The van der Waals surface area contributed by atoms with Gasteiger partial charge in [0, 0.05) is 6.42 Å². The number of amides is 2. The molecule has 0 aromatic carbocycles. The molecular formula is C10H20N2O4. The summed E-state index contributed by atoms with van der Waals surface area (Å²) < 4.78 is 4.95. The van der Waals surface area contributed by atoms with Crippen LogP contribution >= 0.6 is 0 Å². The first kappa shape index (κ1) is 16.7. The van der Waals surface area contributed by atoms with E-state index in [2.05, 4.69) is 11.9 Å². The number of ether oxygens (including phenoxy) is 1. The quantitative estimate of drug-likeness (QED) is 0.379. The molecule has 0 radical (unpaired) electrons. The molecule has 0 aromatic rings. The van der Waals surface area contributed by atoms with Crippen LogP contribution in [0.3, 0.4) is 0 Å². The van der Waals surface area contributed by atoms with E-state index in [9.17, 15) is 9.59 Å². The van der Waals surface area contributed by atoms with Gasteiger partial charge in [0.25, 0.3) is 0 Å². The average Bonchev–Trinajstić information content (AvgIpc) is 2.19. The minimum absolute atomic E-state index is 0.363. The molecular weight excluding hydrogens is 212 g/mol. The first-order chi connectivity index (χ1) is 7.30. The van der Waals surface area contributed by atoms with Gasteiger partial charge in [0.05, 0.1) is 0 Å². The molecule has 0 saturated carbocycles. The predicted molar refractivity (Wildman–Crippen MR) is 60.6 cm³/mol. The zero-order chi connectivity index (χ0) is 13.4. The second-order valence-electron chi connectivity index (χ2n) is 2.90. The number of aliphatic carboxylic acids is 1. The average molecular weight is 232 g/mol. The van der Waals surface area contributed by atoms with Crippen LogP contribution in [0.25, 0.3) is 0 Å². The lowest BCUT2D eigenvalue weighted by Crippen LogP contribution is -2.50. The smallest absolute Gasteiger partial charge is 0.370 e. The van der Waals surface area contributed by atoms with E-state index in [1.54, 1.807) is 6.92 Å². The summed E-state index contributed by atoms with van der Waals surface area (Å²) in [6.07, 6.45) is 0.363. The fourth-order valence-electron chi connectivity index (χ4n) is 0.762. The summed E-state index contributed by atoms with van der Waals surface area (Å²) in [6, 6.07) is -0.785. The Kier molecular flexibility index (Phi) is 7.89. The van der Waals surface area contributed by atoms with E-state index in [1.165, 1.54) is 6.92 Å². The zero-order valence-electron chi connectivity index (χ0n) is 10.2. The first-order valence-corrected chi connectivity index (χ1v) is 4.99. The number of carboxylic acid groups (broad SMARTS) is 1. The van der Waals surface area contributed by atoms with Gasteiger partial charge in [-0.3, -0.25) is 0 Å². The van der Waals surface area contributed by atoms with E-state index >= 15 is 0 Å². The van der Waals surface area contributed by atoms with Gasteiger partial charge >= 0.3 is 12.0 Å². The van der Waals surface area contributed by atoms with Crippen molar-refractivity contribution in [3.8, 4) is 0 Å². The molecule has 0 heterocycles. The van der Waals surface area contributed by atoms with Crippen LogP contribution in [0.1, 0.15) is 34.1 Å². The second kappa shape index (κ2) is 7.56. The Hall–Kier alpha value is -1.72. The number of nitrogens with one attached hydrogen (secondary N) is 1.